The Hall–Kier alpha value is -1.26. The first kappa shape index (κ1) is 10.7. The van der Waals surface area contributed by atoms with Crippen LogP contribution < -0.4 is 5.25 Å². The predicted molar refractivity (Wildman–Crippen MR) is 45.1 cm³/mol. The number of hydrogen-bond donors (Lipinski definition) is 3. The van der Waals surface area contributed by atoms with Crippen LogP contribution in [-0.2, 0) is 0 Å². The quantitative estimate of drug-likeness (QED) is 0.580. The summed E-state index contributed by atoms with van der Waals surface area (Å²) in [6, 6.07) is 5.81. The summed E-state index contributed by atoms with van der Waals surface area (Å²) in [5.41, 5.74) is -0.0671. The van der Waals surface area contributed by atoms with Gasteiger partial charge in [0.15, 0.2) is 0 Å². The Kier molecular flexibility index (Phi) is 4.83. The van der Waals surface area contributed by atoms with Crippen LogP contribution in [-0.4, -0.2) is 16.2 Å². The van der Waals surface area contributed by atoms with E-state index in [1.807, 2.05) is 0 Å². The molecule has 0 fully saturated rings. The van der Waals surface area contributed by atoms with E-state index < -0.39 is 5.97 Å². The number of nitrogens with two attached hydrogens (primary N) is 1. The molecule has 1 aromatic carbocycles. The van der Waals surface area contributed by atoms with Crippen LogP contribution >= 0.6 is 11.8 Å². The molecule has 0 aliphatic carbocycles. The molecule has 0 saturated carbocycles. The fraction of sp³-hybridized carbons (Fsp3) is 0. The van der Waals surface area contributed by atoms with Crippen LogP contribution in [0.1, 0.15) is 10.4 Å². The first-order valence-corrected chi connectivity index (χ1v) is 3.38. The second kappa shape index (κ2) is 5.40. The summed E-state index contributed by atoms with van der Waals surface area (Å²) >= 11 is 4.14. The van der Waals surface area contributed by atoms with Crippen LogP contribution in [0.15, 0.2) is 24.3 Å². The largest absolute Gasteiger partial charge is 0.507 e. The lowest BCUT2D eigenvalue weighted by atomic mass is 10.2. The van der Waals surface area contributed by atoms with Crippen LogP contribution in [0.5, 0.6) is 5.75 Å². The monoisotopic (exact) mass is 189 g/mol. The normalized spacial score (nSPS) is 8.17. The van der Waals surface area contributed by atoms with E-state index in [9.17, 15) is 4.79 Å². The minimum absolute atomic E-state index is 0.0671. The molecule has 5 heteroatoms. The third kappa shape index (κ3) is 2.77. The first-order chi connectivity index (χ1) is 5.72. The van der Waals surface area contributed by atoms with Gasteiger partial charge in [0.1, 0.15) is 11.3 Å². The summed E-state index contributed by atoms with van der Waals surface area (Å²) in [4.78, 5) is 10.3. The topological polar surface area (TPSA) is 83.6 Å². The van der Waals surface area contributed by atoms with Crippen LogP contribution in [0.4, 0.5) is 0 Å². The van der Waals surface area contributed by atoms with Gasteiger partial charge < -0.3 is 10.2 Å². The van der Waals surface area contributed by atoms with Crippen molar-refractivity contribution in [1.29, 1.82) is 0 Å². The van der Waals surface area contributed by atoms with Gasteiger partial charge in [-0.25, -0.2) is 10.0 Å². The lowest BCUT2D eigenvalue weighted by Gasteiger charge is -1.95. The van der Waals surface area contributed by atoms with Crippen molar-refractivity contribution in [2.45, 2.75) is 0 Å². The smallest absolute Gasteiger partial charge is 0.339 e. The molecule has 0 bridgehead atoms. The molecule has 1 rings (SSSR count). The highest BCUT2D eigenvalue weighted by Gasteiger charge is 2.05. The number of halogens is 1. The number of para-hydroxylation sites is 1. The van der Waals surface area contributed by atoms with E-state index >= 15 is 0 Å². The zero-order valence-electron chi connectivity index (χ0n) is 6.07. The number of carboxylic acids is 1. The fourth-order valence-electron chi connectivity index (χ4n) is 0.654. The highest BCUT2D eigenvalue weighted by Crippen LogP contribution is 2.14. The number of hydrogen-bond acceptors (Lipinski definition) is 3. The maximum absolute atomic E-state index is 10.3. The number of aromatic carboxylic acids is 1. The Balaban J connectivity index is 0.000000561. The molecule has 12 heavy (non-hydrogen) atoms. The SMILES string of the molecule is NCl.O=C(O)c1ccccc1O. The maximum atomic E-state index is 10.3. The first-order valence-electron chi connectivity index (χ1n) is 2.95. The van der Waals surface area contributed by atoms with Gasteiger partial charge in [-0.15, -0.1) is 0 Å². The molecule has 0 heterocycles. The summed E-state index contributed by atoms with van der Waals surface area (Å²) in [6.07, 6.45) is 0. The van der Waals surface area contributed by atoms with E-state index in [4.69, 9.17) is 10.2 Å². The molecular formula is C7H8ClNO3. The van der Waals surface area contributed by atoms with Gasteiger partial charge in [0.25, 0.3) is 0 Å². The lowest BCUT2D eigenvalue weighted by molar-refractivity contribution is 0.0694. The molecule has 4 nitrogen and oxygen atoms in total. The molecule has 0 unspecified atom stereocenters. The number of phenols is 1. The van der Waals surface area contributed by atoms with Crippen molar-refractivity contribution in [3.8, 4) is 5.75 Å². The summed E-state index contributed by atoms with van der Waals surface area (Å²) in [5, 5.41) is 21.3. The van der Waals surface area contributed by atoms with Gasteiger partial charge in [-0.1, -0.05) is 12.1 Å². The number of benzene rings is 1. The summed E-state index contributed by atoms with van der Waals surface area (Å²) < 4.78 is 0. The molecule has 0 aliphatic rings. The van der Waals surface area contributed by atoms with Gasteiger partial charge in [0.2, 0.25) is 0 Å². The highest BCUT2D eigenvalue weighted by molar-refractivity contribution is 6.11. The van der Waals surface area contributed by atoms with E-state index in [-0.39, 0.29) is 11.3 Å². The van der Waals surface area contributed by atoms with E-state index in [1.165, 1.54) is 12.1 Å². The van der Waals surface area contributed by atoms with Gasteiger partial charge in [0, 0.05) is 0 Å². The van der Waals surface area contributed by atoms with E-state index in [0.717, 1.165) is 0 Å². The summed E-state index contributed by atoms with van der Waals surface area (Å²) in [7, 11) is 0. The maximum Gasteiger partial charge on any atom is 0.339 e. The number of carbonyl (C=O) groups is 1. The van der Waals surface area contributed by atoms with Gasteiger partial charge in [-0.2, -0.15) is 0 Å². The third-order valence-electron chi connectivity index (χ3n) is 1.13. The van der Waals surface area contributed by atoms with Crippen molar-refractivity contribution in [1.82, 2.24) is 0 Å². The Bertz CT molecular complexity index is 265. The fourth-order valence-corrected chi connectivity index (χ4v) is 0.654. The minimum Gasteiger partial charge on any atom is -0.507 e. The zero-order chi connectivity index (χ0) is 9.56. The van der Waals surface area contributed by atoms with Gasteiger partial charge in [0.05, 0.1) is 0 Å². The zero-order valence-corrected chi connectivity index (χ0v) is 6.82. The third-order valence-corrected chi connectivity index (χ3v) is 1.13. The van der Waals surface area contributed by atoms with Gasteiger partial charge in [-0.05, 0) is 23.9 Å². The molecule has 1 aromatic rings. The molecule has 0 aromatic heterocycles. The number of carboxylic acid groups (broad SMARTS) is 1. The molecule has 4 N–H and O–H groups in total. The van der Waals surface area contributed by atoms with Crippen LogP contribution in [0, 0.1) is 0 Å². The molecule has 0 radical (unpaired) electrons. The average molecular weight is 190 g/mol. The van der Waals surface area contributed by atoms with Crippen molar-refractivity contribution < 1.29 is 15.0 Å². The average Bonchev–Trinajstić information content (AvgIpc) is 2.08. The molecule has 0 amide bonds. The Morgan fingerprint density at radius 2 is 1.83 bits per heavy atom. The molecule has 0 spiro atoms. The van der Waals surface area contributed by atoms with Crippen LogP contribution in [0.25, 0.3) is 0 Å². The molecule has 66 valence electrons. The summed E-state index contributed by atoms with van der Waals surface area (Å²) in [6.45, 7) is 0. The lowest BCUT2D eigenvalue weighted by Crippen LogP contribution is -1.95. The Morgan fingerprint density at radius 3 is 2.17 bits per heavy atom. The van der Waals surface area contributed by atoms with Crippen molar-refractivity contribution in [3.05, 3.63) is 29.8 Å². The Morgan fingerprint density at radius 1 is 1.33 bits per heavy atom. The molecule has 0 atom stereocenters. The van der Waals surface area contributed by atoms with Crippen LogP contribution in [0.3, 0.4) is 0 Å². The molecular weight excluding hydrogens is 182 g/mol. The van der Waals surface area contributed by atoms with Crippen molar-refractivity contribution in [3.63, 3.8) is 0 Å². The molecule has 0 saturated heterocycles. The van der Waals surface area contributed by atoms with Crippen molar-refractivity contribution in [2.75, 3.05) is 0 Å². The van der Waals surface area contributed by atoms with E-state index in [2.05, 4.69) is 17.0 Å². The number of rotatable bonds is 1. The summed E-state index contributed by atoms with van der Waals surface area (Å²) in [5.74, 6) is -1.31. The second-order valence-electron chi connectivity index (χ2n) is 1.82. The molecule has 0 aliphatic heterocycles. The Labute approximate surface area is 74.3 Å². The van der Waals surface area contributed by atoms with Crippen LogP contribution in [0.2, 0.25) is 0 Å². The van der Waals surface area contributed by atoms with Crippen molar-refractivity contribution >= 4 is 17.7 Å². The second-order valence-corrected chi connectivity index (χ2v) is 1.82. The standard InChI is InChI=1S/C7H6O3.ClH2N/c8-6-4-2-1-3-5(6)7(9)10;1-2/h1-4,8H,(H,9,10);2H2. The van der Waals surface area contributed by atoms with E-state index in [1.54, 1.807) is 12.1 Å². The predicted octanol–water partition coefficient (Wildman–Crippen LogP) is 1.19. The minimum atomic E-state index is -1.11. The highest BCUT2D eigenvalue weighted by atomic mass is 35.5. The van der Waals surface area contributed by atoms with Crippen molar-refractivity contribution in [2.24, 2.45) is 5.25 Å². The van der Waals surface area contributed by atoms with Gasteiger partial charge in [-0.3, -0.25) is 0 Å². The van der Waals surface area contributed by atoms with Gasteiger partial charge >= 0.3 is 5.97 Å². The van der Waals surface area contributed by atoms with E-state index in [0.29, 0.717) is 0 Å². The number of aromatic hydroxyl groups is 1.